The van der Waals surface area contributed by atoms with Crippen molar-refractivity contribution < 1.29 is 9.47 Å². The van der Waals surface area contributed by atoms with Crippen LogP contribution in [0.1, 0.15) is 25.5 Å². The summed E-state index contributed by atoms with van der Waals surface area (Å²) >= 11 is 3.54. The van der Waals surface area contributed by atoms with Crippen molar-refractivity contribution in [3.05, 3.63) is 16.4 Å². The second kappa shape index (κ2) is 3.30. The van der Waals surface area contributed by atoms with Gasteiger partial charge in [-0.05, 0) is 35.7 Å². The van der Waals surface area contributed by atoms with E-state index in [0.29, 0.717) is 0 Å². The monoisotopic (exact) mass is 272 g/mol. The molecule has 2 fully saturated rings. The normalized spacial score (nSPS) is 33.9. The smallest absolute Gasteiger partial charge is 0.193 e. The Labute approximate surface area is 96.7 Å². The first-order chi connectivity index (χ1) is 7.28. The highest BCUT2D eigenvalue weighted by Gasteiger charge is 2.63. The van der Waals surface area contributed by atoms with E-state index in [9.17, 15) is 0 Å². The molecule has 2 atom stereocenters. The number of hydrogen-bond acceptors (Lipinski definition) is 3. The lowest BCUT2D eigenvalue weighted by atomic mass is 9.97. The number of epoxide rings is 1. The molecular weight excluding hydrogens is 260 g/mol. The fraction of sp³-hybridized carbons (Fsp3) is 0.700. The summed E-state index contributed by atoms with van der Waals surface area (Å²) in [6, 6.07) is 0. The highest BCUT2D eigenvalue weighted by atomic mass is 79.9. The highest BCUT2D eigenvalue weighted by Crippen LogP contribution is 2.54. The Hall–Kier alpha value is -0.390. The van der Waals surface area contributed by atoms with Gasteiger partial charge in [0.1, 0.15) is 0 Å². The van der Waals surface area contributed by atoms with Gasteiger partial charge in [0.15, 0.2) is 11.9 Å². The lowest BCUT2D eigenvalue weighted by molar-refractivity contribution is 0.0415. The van der Waals surface area contributed by atoms with Crippen LogP contribution >= 0.6 is 15.9 Å². The van der Waals surface area contributed by atoms with Crippen LogP contribution in [0.3, 0.4) is 0 Å². The van der Waals surface area contributed by atoms with Crippen LogP contribution in [0, 0.1) is 0 Å². The van der Waals surface area contributed by atoms with Gasteiger partial charge in [0.05, 0.1) is 23.0 Å². The Bertz CT molecular complexity index is 393. The van der Waals surface area contributed by atoms with E-state index in [-0.39, 0.29) is 11.9 Å². The molecule has 1 aromatic heterocycles. The van der Waals surface area contributed by atoms with Crippen molar-refractivity contribution in [2.75, 3.05) is 6.61 Å². The fourth-order valence-electron chi connectivity index (χ4n) is 2.34. The summed E-state index contributed by atoms with van der Waals surface area (Å²) in [6.07, 6.45) is 3.87. The maximum absolute atomic E-state index is 5.72. The number of rotatable bonds is 2. The molecule has 0 bridgehead atoms. The Morgan fingerprint density at radius 3 is 3.33 bits per heavy atom. The topological polar surface area (TPSA) is 39.6 Å². The molecule has 82 valence electrons. The van der Waals surface area contributed by atoms with E-state index in [1.807, 2.05) is 10.9 Å². The van der Waals surface area contributed by atoms with Crippen LogP contribution in [0.2, 0.25) is 0 Å². The highest BCUT2D eigenvalue weighted by molar-refractivity contribution is 9.10. The van der Waals surface area contributed by atoms with Crippen molar-refractivity contribution in [2.24, 2.45) is 0 Å². The molecule has 2 saturated heterocycles. The van der Waals surface area contributed by atoms with Gasteiger partial charge in [-0.3, -0.25) is 4.68 Å². The van der Waals surface area contributed by atoms with Crippen LogP contribution < -0.4 is 0 Å². The minimum atomic E-state index is -0.219. The zero-order valence-corrected chi connectivity index (χ0v) is 10.2. The van der Waals surface area contributed by atoms with Crippen LogP contribution in [0.15, 0.2) is 10.7 Å². The van der Waals surface area contributed by atoms with Gasteiger partial charge in [-0.1, -0.05) is 0 Å². The summed E-state index contributed by atoms with van der Waals surface area (Å²) in [5.74, 6) is 0. The van der Waals surface area contributed by atoms with E-state index in [1.165, 1.54) is 0 Å². The van der Waals surface area contributed by atoms with E-state index >= 15 is 0 Å². The first kappa shape index (κ1) is 9.81. The first-order valence-electron chi connectivity index (χ1n) is 5.29. The summed E-state index contributed by atoms with van der Waals surface area (Å²) < 4.78 is 14.3. The van der Waals surface area contributed by atoms with Crippen molar-refractivity contribution >= 4 is 15.9 Å². The second-order valence-corrected chi connectivity index (χ2v) is 4.82. The molecule has 5 heteroatoms. The second-order valence-electron chi connectivity index (χ2n) is 3.97. The van der Waals surface area contributed by atoms with Crippen LogP contribution in [0.25, 0.3) is 0 Å². The van der Waals surface area contributed by atoms with Gasteiger partial charge >= 0.3 is 0 Å². The van der Waals surface area contributed by atoms with Gasteiger partial charge in [0, 0.05) is 6.54 Å². The van der Waals surface area contributed by atoms with E-state index in [4.69, 9.17) is 9.47 Å². The third kappa shape index (κ3) is 1.30. The maximum atomic E-state index is 5.72. The molecule has 15 heavy (non-hydrogen) atoms. The van der Waals surface area contributed by atoms with Gasteiger partial charge in [0.25, 0.3) is 0 Å². The molecule has 2 aliphatic rings. The van der Waals surface area contributed by atoms with E-state index < -0.39 is 0 Å². The number of fused-ring (bicyclic) bond motifs is 1. The third-order valence-electron chi connectivity index (χ3n) is 3.10. The number of ether oxygens (including phenoxy) is 2. The van der Waals surface area contributed by atoms with Crippen molar-refractivity contribution in [1.82, 2.24) is 9.78 Å². The largest absolute Gasteiger partial charge is 0.349 e. The molecule has 0 spiro atoms. The summed E-state index contributed by atoms with van der Waals surface area (Å²) in [5, 5.41) is 4.32. The molecule has 0 aromatic carbocycles. The summed E-state index contributed by atoms with van der Waals surface area (Å²) in [5.41, 5.74) is 0.915. The molecule has 0 amide bonds. The van der Waals surface area contributed by atoms with Gasteiger partial charge in [0.2, 0.25) is 0 Å². The lowest BCUT2D eigenvalue weighted by Crippen LogP contribution is -2.24. The molecule has 3 rings (SSSR count). The molecule has 2 aliphatic heterocycles. The maximum Gasteiger partial charge on any atom is 0.193 e. The average Bonchev–Trinajstić information content (AvgIpc) is 2.87. The number of halogens is 1. The number of nitrogens with zero attached hydrogens (tertiary/aromatic N) is 2. The van der Waals surface area contributed by atoms with Crippen molar-refractivity contribution in [2.45, 2.75) is 38.2 Å². The zero-order chi connectivity index (χ0) is 10.5. The minimum absolute atomic E-state index is 0.0513. The first-order valence-corrected chi connectivity index (χ1v) is 6.08. The van der Waals surface area contributed by atoms with Gasteiger partial charge in [-0.2, -0.15) is 5.10 Å². The molecule has 0 aliphatic carbocycles. The molecule has 0 unspecified atom stereocenters. The summed E-state index contributed by atoms with van der Waals surface area (Å²) in [7, 11) is 0. The Balaban J connectivity index is 2.01. The minimum Gasteiger partial charge on any atom is -0.349 e. The predicted molar refractivity (Wildman–Crippen MR) is 57.3 cm³/mol. The molecular formula is C10H13BrN2O2. The fourth-order valence-corrected chi connectivity index (χ4v) is 2.97. The van der Waals surface area contributed by atoms with Gasteiger partial charge in [-0.25, -0.2) is 0 Å². The predicted octanol–water partition coefficient (Wildman–Crippen LogP) is 2.03. The standard InChI is InChI=1S/C10H13BrN2O2/c1-2-13-8(7(11)6-12-13)10-4-3-5-14-9(10)15-10/h6,9H,2-5H2,1H3/t9-,10+/m1/s1. The lowest BCUT2D eigenvalue weighted by Gasteiger charge is -2.18. The van der Waals surface area contributed by atoms with Crippen LogP contribution in [-0.4, -0.2) is 22.7 Å². The molecule has 0 radical (unpaired) electrons. The molecule has 1 aromatic rings. The SMILES string of the molecule is CCn1ncc(Br)c1[C@@]12CCCO[C@@H]1O2. The molecule has 3 heterocycles. The van der Waals surface area contributed by atoms with E-state index in [2.05, 4.69) is 28.0 Å². The average molecular weight is 273 g/mol. The molecule has 0 saturated carbocycles. The van der Waals surface area contributed by atoms with Crippen LogP contribution in [-0.2, 0) is 21.6 Å². The van der Waals surface area contributed by atoms with Crippen molar-refractivity contribution in [3.63, 3.8) is 0 Å². The summed E-state index contributed by atoms with van der Waals surface area (Å²) in [4.78, 5) is 0. The van der Waals surface area contributed by atoms with E-state index in [1.54, 1.807) is 0 Å². The van der Waals surface area contributed by atoms with Crippen LogP contribution in [0.4, 0.5) is 0 Å². The summed E-state index contributed by atoms with van der Waals surface area (Å²) in [6.45, 7) is 3.75. The number of hydrogen-bond donors (Lipinski definition) is 0. The number of aromatic nitrogens is 2. The Kier molecular flexibility index (Phi) is 2.16. The van der Waals surface area contributed by atoms with E-state index in [0.717, 1.165) is 36.2 Å². The Morgan fingerprint density at radius 2 is 2.60 bits per heavy atom. The third-order valence-corrected chi connectivity index (χ3v) is 3.68. The van der Waals surface area contributed by atoms with Crippen LogP contribution in [0.5, 0.6) is 0 Å². The quantitative estimate of drug-likeness (QED) is 0.774. The zero-order valence-electron chi connectivity index (χ0n) is 8.57. The van der Waals surface area contributed by atoms with Gasteiger partial charge < -0.3 is 9.47 Å². The molecule has 4 nitrogen and oxygen atoms in total. The number of aryl methyl sites for hydroxylation is 1. The Morgan fingerprint density at radius 1 is 1.73 bits per heavy atom. The van der Waals surface area contributed by atoms with Crippen molar-refractivity contribution in [1.29, 1.82) is 0 Å². The van der Waals surface area contributed by atoms with Crippen molar-refractivity contribution in [3.8, 4) is 0 Å². The van der Waals surface area contributed by atoms with Gasteiger partial charge in [-0.15, -0.1) is 0 Å². The molecule has 0 N–H and O–H groups in total.